The van der Waals surface area contributed by atoms with E-state index in [1.807, 2.05) is 13.8 Å². The average molecular weight is 328 g/mol. The number of amides is 2. The minimum Gasteiger partial charge on any atom is -0.363 e. The lowest BCUT2D eigenvalue weighted by molar-refractivity contribution is 0.151. The van der Waals surface area contributed by atoms with E-state index in [4.69, 9.17) is 0 Å². The molecule has 0 fully saturated rings. The Balaban J connectivity index is 2.24. The molecule has 0 spiro atoms. The highest BCUT2D eigenvalue weighted by molar-refractivity contribution is 9.10. The number of H-pyrrole nitrogens is 1. The summed E-state index contributed by atoms with van der Waals surface area (Å²) in [6.07, 6.45) is 2.37. The molecule has 104 valence electrons. The first-order valence-electron chi connectivity index (χ1n) is 6.51. The molecule has 2 rings (SSSR count). The van der Waals surface area contributed by atoms with Crippen molar-refractivity contribution in [1.29, 1.82) is 0 Å². The van der Waals surface area contributed by atoms with Crippen molar-refractivity contribution in [2.24, 2.45) is 0 Å². The fourth-order valence-corrected chi connectivity index (χ4v) is 2.70. The van der Waals surface area contributed by atoms with E-state index in [1.165, 1.54) is 0 Å². The van der Waals surface area contributed by atoms with Gasteiger partial charge in [0.2, 0.25) is 5.43 Å². The number of pyridine rings is 1. The van der Waals surface area contributed by atoms with Gasteiger partial charge in [0.05, 0.1) is 11.0 Å². The Hall–Kier alpha value is -1.30. The molecule has 2 amide bonds. The van der Waals surface area contributed by atoms with Gasteiger partial charge in [0, 0.05) is 43.5 Å². The molecule has 0 radical (unpaired) electrons. The van der Waals surface area contributed by atoms with Crippen LogP contribution in [0, 0.1) is 0 Å². The maximum atomic E-state index is 12.3. The predicted molar refractivity (Wildman–Crippen MR) is 77.2 cm³/mol. The zero-order valence-corrected chi connectivity index (χ0v) is 12.8. The first-order valence-corrected chi connectivity index (χ1v) is 7.30. The lowest BCUT2D eigenvalue weighted by Gasteiger charge is -2.32. The largest absolute Gasteiger partial charge is 0.363 e. The van der Waals surface area contributed by atoms with E-state index in [1.54, 1.807) is 16.0 Å². The first-order chi connectivity index (χ1) is 9.08. The smallest absolute Gasteiger partial charge is 0.320 e. The zero-order chi connectivity index (χ0) is 14.0. The van der Waals surface area contributed by atoms with Crippen LogP contribution in [0.3, 0.4) is 0 Å². The summed E-state index contributed by atoms with van der Waals surface area (Å²) in [7, 11) is 0. The summed E-state index contributed by atoms with van der Waals surface area (Å²) in [5, 5.41) is 0. The summed E-state index contributed by atoms with van der Waals surface area (Å²) in [6.45, 7) is 6.34. The number of hydrogen-bond acceptors (Lipinski definition) is 2. The van der Waals surface area contributed by atoms with Crippen LogP contribution < -0.4 is 5.43 Å². The van der Waals surface area contributed by atoms with Crippen molar-refractivity contribution in [3.63, 3.8) is 0 Å². The van der Waals surface area contributed by atoms with Gasteiger partial charge in [-0.25, -0.2) is 4.79 Å². The molecular weight excluding hydrogens is 310 g/mol. The molecule has 1 aliphatic heterocycles. The second-order valence-corrected chi connectivity index (χ2v) is 5.40. The van der Waals surface area contributed by atoms with E-state index >= 15 is 0 Å². The first kappa shape index (κ1) is 14.1. The second kappa shape index (κ2) is 5.77. The van der Waals surface area contributed by atoms with E-state index in [0.29, 0.717) is 42.6 Å². The van der Waals surface area contributed by atoms with Gasteiger partial charge < -0.3 is 14.8 Å². The molecule has 0 unspecified atom stereocenters. The minimum absolute atomic E-state index is 0.00928. The third kappa shape index (κ3) is 2.68. The molecule has 2 heterocycles. The molecule has 0 aliphatic carbocycles. The number of urea groups is 1. The molecule has 0 saturated carbocycles. The Morgan fingerprint density at radius 1 is 1.47 bits per heavy atom. The number of nitrogens with one attached hydrogen (secondary N) is 1. The van der Waals surface area contributed by atoms with Crippen molar-refractivity contribution in [3.8, 4) is 0 Å². The number of aromatic amines is 1. The SMILES string of the molecule is CCN(CC)C(=O)N1CCc2[nH]cc(Br)c(=O)c2C1. The summed E-state index contributed by atoms with van der Waals surface area (Å²) < 4.78 is 0.517. The highest BCUT2D eigenvalue weighted by Crippen LogP contribution is 2.17. The maximum absolute atomic E-state index is 12.3. The third-order valence-corrected chi connectivity index (χ3v) is 4.10. The van der Waals surface area contributed by atoms with E-state index in [2.05, 4.69) is 20.9 Å². The molecule has 1 aliphatic rings. The van der Waals surface area contributed by atoms with Gasteiger partial charge in [0.15, 0.2) is 0 Å². The monoisotopic (exact) mass is 327 g/mol. The van der Waals surface area contributed by atoms with Crippen LogP contribution in [0.5, 0.6) is 0 Å². The lowest BCUT2D eigenvalue weighted by Crippen LogP contribution is -2.46. The number of rotatable bonds is 2. The van der Waals surface area contributed by atoms with Crippen molar-refractivity contribution < 1.29 is 4.79 Å². The molecule has 1 aromatic heterocycles. The van der Waals surface area contributed by atoms with E-state index in [0.717, 1.165) is 5.69 Å². The summed E-state index contributed by atoms with van der Waals surface area (Å²) in [5.41, 5.74) is 1.61. The van der Waals surface area contributed by atoms with Crippen LogP contribution in [0.25, 0.3) is 0 Å². The van der Waals surface area contributed by atoms with Crippen molar-refractivity contribution in [2.45, 2.75) is 26.8 Å². The Bertz CT molecular complexity index is 537. The number of halogens is 1. The molecule has 0 aromatic carbocycles. The van der Waals surface area contributed by atoms with Gasteiger partial charge in [-0.1, -0.05) is 0 Å². The molecule has 0 atom stereocenters. The molecular formula is C13H18BrN3O2. The van der Waals surface area contributed by atoms with E-state index in [-0.39, 0.29) is 11.5 Å². The van der Waals surface area contributed by atoms with Crippen LogP contribution >= 0.6 is 15.9 Å². The van der Waals surface area contributed by atoms with Crippen molar-refractivity contribution >= 4 is 22.0 Å². The number of nitrogens with zero attached hydrogens (tertiary/aromatic N) is 2. The van der Waals surface area contributed by atoms with Crippen LogP contribution in [0.4, 0.5) is 4.79 Å². The van der Waals surface area contributed by atoms with Crippen LogP contribution in [-0.4, -0.2) is 40.4 Å². The van der Waals surface area contributed by atoms with Gasteiger partial charge in [0.1, 0.15) is 0 Å². The van der Waals surface area contributed by atoms with Crippen molar-refractivity contribution in [2.75, 3.05) is 19.6 Å². The van der Waals surface area contributed by atoms with Gasteiger partial charge in [0.25, 0.3) is 0 Å². The topological polar surface area (TPSA) is 56.4 Å². The highest BCUT2D eigenvalue weighted by atomic mass is 79.9. The molecule has 19 heavy (non-hydrogen) atoms. The standard InChI is InChI=1S/C13H18BrN3O2/c1-3-16(4-2)13(19)17-6-5-11-9(8-17)12(18)10(14)7-15-11/h7H,3-6,8H2,1-2H3,(H,15,18). The summed E-state index contributed by atoms with van der Waals surface area (Å²) >= 11 is 3.23. The van der Waals surface area contributed by atoms with Gasteiger partial charge >= 0.3 is 6.03 Å². The normalized spacial score (nSPS) is 14.2. The number of fused-ring (bicyclic) bond motifs is 1. The number of hydrogen-bond donors (Lipinski definition) is 1. The maximum Gasteiger partial charge on any atom is 0.320 e. The Kier molecular flexibility index (Phi) is 4.29. The Labute approximate surface area is 120 Å². The quantitative estimate of drug-likeness (QED) is 0.902. The number of carbonyl (C=O) groups is 1. The highest BCUT2D eigenvalue weighted by Gasteiger charge is 2.25. The molecule has 1 aromatic rings. The van der Waals surface area contributed by atoms with E-state index < -0.39 is 0 Å². The van der Waals surface area contributed by atoms with Crippen molar-refractivity contribution in [3.05, 3.63) is 32.2 Å². The zero-order valence-electron chi connectivity index (χ0n) is 11.2. The number of aromatic nitrogens is 1. The van der Waals surface area contributed by atoms with Crippen LogP contribution in [-0.2, 0) is 13.0 Å². The van der Waals surface area contributed by atoms with Gasteiger partial charge in [-0.05, 0) is 29.8 Å². The molecule has 1 N–H and O–H groups in total. The summed E-state index contributed by atoms with van der Waals surface area (Å²) in [6, 6.07) is 0.00928. The fraction of sp³-hybridized carbons (Fsp3) is 0.538. The molecule has 5 nitrogen and oxygen atoms in total. The third-order valence-electron chi connectivity index (χ3n) is 3.51. The minimum atomic E-state index is -0.0224. The van der Waals surface area contributed by atoms with Gasteiger partial charge in [-0.15, -0.1) is 0 Å². The number of carbonyl (C=O) groups excluding carboxylic acids is 1. The molecule has 6 heteroatoms. The van der Waals surface area contributed by atoms with Gasteiger partial charge in [-0.3, -0.25) is 4.79 Å². The van der Waals surface area contributed by atoms with E-state index in [9.17, 15) is 9.59 Å². The predicted octanol–water partition coefficient (Wildman–Crippen LogP) is 1.96. The molecule has 0 saturated heterocycles. The second-order valence-electron chi connectivity index (χ2n) is 4.55. The fourth-order valence-electron chi connectivity index (χ4n) is 2.35. The lowest BCUT2D eigenvalue weighted by atomic mass is 10.1. The summed E-state index contributed by atoms with van der Waals surface area (Å²) in [5.74, 6) is 0. The van der Waals surface area contributed by atoms with Crippen LogP contribution in [0.1, 0.15) is 25.1 Å². The van der Waals surface area contributed by atoms with Crippen LogP contribution in [0.2, 0.25) is 0 Å². The van der Waals surface area contributed by atoms with Crippen LogP contribution in [0.15, 0.2) is 15.5 Å². The van der Waals surface area contributed by atoms with Crippen molar-refractivity contribution in [1.82, 2.24) is 14.8 Å². The molecule has 0 bridgehead atoms. The van der Waals surface area contributed by atoms with Gasteiger partial charge in [-0.2, -0.15) is 0 Å². The Morgan fingerprint density at radius 2 is 2.16 bits per heavy atom. The summed E-state index contributed by atoms with van der Waals surface area (Å²) in [4.78, 5) is 31.0. The average Bonchev–Trinajstić information content (AvgIpc) is 2.44. The Morgan fingerprint density at radius 3 is 2.79 bits per heavy atom.